The van der Waals surface area contributed by atoms with Crippen LogP contribution in [0.3, 0.4) is 0 Å². The number of hydrogen-bond donors (Lipinski definition) is 1. The van der Waals surface area contributed by atoms with E-state index in [9.17, 15) is 4.79 Å². The van der Waals surface area contributed by atoms with E-state index in [1.165, 1.54) is 6.19 Å². The molecule has 1 aromatic carbocycles. The molecule has 0 fully saturated rings. The van der Waals surface area contributed by atoms with E-state index in [2.05, 4.69) is 0 Å². The van der Waals surface area contributed by atoms with Crippen molar-refractivity contribution in [2.45, 2.75) is 6.42 Å². The van der Waals surface area contributed by atoms with E-state index in [1.54, 1.807) is 18.2 Å². The average molecular weight is 259 g/mol. The highest BCUT2D eigenvalue weighted by Crippen LogP contribution is 2.26. The molecular formula is C10H8Cl2N2O2. The second-order valence-corrected chi connectivity index (χ2v) is 3.65. The van der Waals surface area contributed by atoms with Gasteiger partial charge in [-0.2, -0.15) is 5.26 Å². The Hall–Kier alpha value is -1.44. The van der Waals surface area contributed by atoms with Crippen molar-refractivity contribution in [2.24, 2.45) is 0 Å². The number of nitrogens with one attached hydrogen (secondary N) is 1. The molecule has 0 aliphatic carbocycles. The summed E-state index contributed by atoms with van der Waals surface area (Å²) in [6.45, 7) is 0.172. The molecule has 0 radical (unpaired) electrons. The highest BCUT2D eigenvalue weighted by Gasteiger charge is 2.02. The minimum absolute atomic E-state index is 0.105. The van der Waals surface area contributed by atoms with Crippen molar-refractivity contribution in [3.8, 4) is 11.9 Å². The smallest absolute Gasteiger partial charge is 0.236 e. The first-order valence-electron chi connectivity index (χ1n) is 4.39. The second-order valence-electron chi connectivity index (χ2n) is 2.83. The topological polar surface area (TPSA) is 62.1 Å². The lowest BCUT2D eigenvalue weighted by atomic mass is 10.3. The Morgan fingerprint density at radius 1 is 1.44 bits per heavy atom. The third kappa shape index (κ3) is 3.97. The van der Waals surface area contributed by atoms with Crippen molar-refractivity contribution >= 4 is 29.1 Å². The molecule has 0 unspecified atom stereocenters. The predicted octanol–water partition coefficient (Wildman–Crippen LogP) is 2.36. The molecule has 0 aliphatic rings. The van der Waals surface area contributed by atoms with Crippen LogP contribution in [-0.2, 0) is 4.79 Å². The molecule has 0 atom stereocenters. The highest BCUT2D eigenvalue weighted by molar-refractivity contribution is 6.42. The van der Waals surface area contributed by atoms with Gasteiger partial charge in [-0.3, -0.25) is 10.1 Å². The number of carbonyl (C=O) groups excluding carboxylic acids is 1. The molecule has 0 aliphatic heterocycles. The fourth-order valence-electron chi connectivity index (χ4n) is 0.953. The van der Waals surface area contributed by atoms with Crippen LogP contribution in [0.15, 0.2) is 18.2 Å². The van der Waals surface area contributed by atoms with Gasteiger partial charge in [-0.25, -0.2) is 0 Å². The molecule has 1 aromatic rings. The van der Waals surface area contributed by atoms with Crippen molar-refractivity contribution in [2.75, 3.05) is 6.61 Å². The van der Waals surface area contributed by atoms with E-state index in [0.717, 1.165) is 0 Å². The van der Waals surface area contributed by atoms with Gasteiger partial charge in [-0.15, -0.1) is 0 Å². The van der Waals surface area contributed by atoms with E-state index in [0.29, 0.717) is 15.8 Å². The number of halogens is 2. The second kappa shape index (κ2) is 6.21. The van der Waals surface area contributed by atoms with Gasteiger partial charge in [-0.1, -0.05) is 23.2 Å². The zero-order chi connectivity index (χ0) is 12.0. The summed E-state index contributed by atoms with van der Waals surface area (Å²) in [6.07, 6.45) is 1.64. The van der Waals surface area contributed by atoms with Gasteiger partial charge in [-0.05, 0) is 12.1 Å². The maximum absolute atomic E-state index is 10.9. The number of nitrogens with zero attached hydrogens (tertiary/aromatic N) is 1. The first-order chi connectivity index (χ1) is 7.63. The molecule has 1 rings (SSSR count). The average Bonchev–Trinajstić information content (AvgIpc) is 2.24. The number of benzene rings is 1. The lowest BCUT2D eigenvalue weighted by Crippen LogP contribution is -2.19. The van der Waals surface area contributed by atoms with E-state index < -0.39 is 0 Å². The van der Waals surface area contributed by atoms with Crippen LogP contribution in [0, 0.1) is 11.5 Å². The molecule has 0 saturated carbocycles. The van der Waals surface area contributed by atoms with Gasteiger partial charge in [0, 0.05) is 6.07 Å². The van der Waals surface area contributed by atoms with Crippen molar-refractivity contribution < 1.29 is 9.53 Å². The molecule has 0 spiro atoms. The van der Waals surface area contributed by atoms with Gasteiger partial charge in [0.2, 0.25) is 5.91 Å². The summed E-state index contributed by atoms with van der Waals surface area (Å²) in [7, 11) is 0. The van der Waals surface area contributed by atoms with Crippen LogP contribution in [0.1, 0.15) is 6.42 Å². The molecule has 0 saturated heterocycles. The standard InChI is InChI=1S/C10H8Cl2N2O2/c11-8-2-1-7(5-9(8)12)16-4-3-10(15)14-6-13/h1-2,5H,3-4H2,(H,14,15). The minimum atomic E-state index is -0.387. The van der Waals surface area contributed by atoms with Gasteiger partial charge in [0.1, 0.15) is 5.75 Å². The molecule has 1 amide bonds. The van der Waals surface area contributed by atoms with Crippen LogP contribution >= 0.6 is 23.2 Å². The lowest BCUT2D eigenvalue weighted by molar-refractivity contribution is -0.120. The lowest BCUT2D eigenvalue weighted by Gasteiger charge is -2.05. The van der Waals surface area contributed by atoms with Crippen LogP contribution in [-0.4, -0.2) is 12.5 Å². The monoisotopic (exact) mass is 258 g/mol. The predicted molar refractivity (Wildman–Crippen MR) is 60.3 cm³/mol. The molecule has 84 valence electrons. The van der Waals surface area contributed by atoms with E-state index in [1.807, 2.05) is 5.32 Å². The fraction of sp³-hybridized carbons (Fsp3) is 0.200. The van der Waals surface area contributed by atoms with Gasteiger partial charge in [0.25, 0.3) is 0 Å². The summed E-state index contributed by atoms with van der Waals surface area (Å²) in [5, 5.41) is 11.0. The van der Waals surface area contributed by atoms with Crippen molar-refractivity contribution in [1.82, 2.24) is 5.32 Å². The van der Waals surface area contributed by atoms with Gasteiger partial charge in [0.15, 0.2) is 6.19 Å². The van der Waals surface area contributed by atoms with Crippen LogP contribution in [0.2, 0.25) is 10.0 Å². The van der Waals surface area contributed by atoms with E-state index >= 15 is 0 Å². The summed E-state index contributed by atoms with van der Waals surface area (Å²) in [5.74, 6) is 0.140. The number of hydrogen-bond acceptors (Lipinski definition) is 3. The molecule has 0 heterocycles. The zero-order valence-corrected chi connectivity index (χ0v) is 9.68. The maximum atomic E-state index is 10.9. The highest BCUT2D eigenvalue weighted by atomic mass is 35.5. The van der Waals surface area contributed by atoms with Gasteiger partial charge >= 0.3 is 0 Å². The Bertz CT molecular complexity index is 429. The summed E-state index contributed by atoms with van der Waals surface area (Å²) in [4.78, 5) is 10.9. The summed E-state index contributed by atoms with van der Waals surface area (Å²) >= 11 is 11.5. The first kappa shape index (κ1) is 12.6. The Kier molecular flexibility index (Phi) is 4.90. The number of rotatable bonds is 4. The Morgan fingerprint density at radius 3 is 2.81 bits per heavy atom. The van der Waals surface area contributed by atoms with Gasteiger partial charge < -0.3 is 4.74 Å². The van der Waals surface area contributed by atoms with E-state index in [4.69, 9.17) is 33.2 Å². The third-order valence-corrected chi connectivity index (χ3v) is 2.42. The summed E-state index contributed by atoms with van der Waals surface area (Å²) in [5.41, 5.74) is 0. The van der Waals surface area contributed by atoms with Crippen molar-refractivity contribution in [3.05, 3.63) is 28.2 Å². The first-order valence-corrected chi connectivity index (χ1v) is 5.15. The van der Waals surface area contributed by atoms with Crippen molar-refractivity contribution in [3.63, 3.8) is 0 Å². The molecular weight excluding hydrogens is 251 g/mol. The maximum Gasteiger partial charge on any atom is 0.236 e. The molecule has 1 N–H and O–H groups in total. The Balaban J connectivity index is 2.41. The molecule has 0 aromatic heterocycles. The molecule has 0 bridgehead atoms. The minimum Gasteiger partial charge on any atom is -0.493 e. The third-order valence-electron chi connectivity index (χ3n) is 1.68. The normalized spacial score (nSPS) is 9.31. The van der Waals surface area contributed by atoms with Crippen LogP contribution < -0.4 is 10.1 Å². The number of amides is 1. The molecule has 6 heteroatoms. The number of ether oxygens (including phenoxy) is 1. The van der Waals surface area contributed by atoms with Crippen LogP contribution in [0.25, 0.3) is 0 Å². The van der Waals surface area contributed by atoms with Crippen LogP contribution in [0.4, 0.5) is 0 Å². The Morgan fingerprint density at radius 2 is 2.19 bits per heavy atom. The SMILES string of the molecule is N#CNC(=O)CCOc1ccc(Cl)c(Cl)c1. The molecule has 4 nitrogen and oxygen atoms in total. The molecule has 16 heavy (non-hydrogen) atoms. The largest absolute Gasteiger partial charge is 0.493 e. The summed E-state index contributed by atoms with van der Waals surface area (Å²) in [6, 6.07) is 4.82. The quantitative estimate of drug-likeness (QED) is 0.666. The fourth-order valence-corrected chi connectivity index (χ4v) is 1.24. The van der Waals surface area contributed by atoms with Gasteiger partial charge in [0.05, 0.1) is 23.1 Å². The van der Waals surface area contributed by atoms with Crippen LogP contribution in [0.5, 0.6) is 5.75 Å². The number of nitriles is 1. The van der Waals surface area contributed by atoms with E-state index in [-0.39, 0.29) is 18.9 Å². The Labute approximate surface area is 103 Å². The summed E-state index contributed by atoms with van der Waals surface area (Å²) < 4.78 is 5.25. The zero-order valence-electron chi connectivity index (χ0n) is 8.17. The van der Waals surface area contributed by atoms with Crippen molar-refractivity contribution in [1.29, 1.82) is 5.26 Å². The number of carbonyl (C=O) groups is 1.